The smallest absolute Gasteiger partial charge is 0.276 e. The summed E-state index contributed by atoms with van der Waals surface area (Å²) in [6.07, 6.45) is 8.69. The summed E-state index contributed by atoms with van der Waals surface area (Å²) in [7, 11) is 0. The lowest BCUT2D eigenvalue weighted by Crippen LogP contribution is -2.52. The van der Waals surface area contributed by atoms with Gasteiger partial charge in [0, 0.05) is 31.6 Å². The summed E-state index contributed by atoms with van der Waals surface area (Å²) in [6.45, 7) is 1.74. The van der Waals surface area contributed by atoms with Crippen LogP contribution in [0.2, 0.25) is 0 Å². The number of amides is 4. The summed E-state index contributed by atoms with van der Waals surface area (Å²) in [6, 6.07) is 4.70. The van der Waals surface area contributed by atoms with Crippen molar-refractivity contribution in [2.45, 2.75) is 38.3 Å². The molecule has 1 aromatic carbocycles. The van der Waals surface area contributed by atoms with Crippen molar-refractivity contribution < 1.29 is 19.2 Å². The van der Waals surface area contributed by atoms with Gasteiger partial charge in [0.05, 0.1) is 11.9 Å². The Morgan fingerprint density at radius 3 is 2.85 bits per heavy atom. The monoisotopic (exact) mass is 460 g/mol. The molecular weight excluding hydrogens is 436 g/mol. The van der Waals surface area contributed by atoms with Crippen molar-refractivity contribution in [1.82, 2.24) is 30.1 Å². The molecule has 174 valence electrons. The zero-order valence-corrected chi connectivity index (χ0v) is 18.5. The van der Waals surface area contributed by atoms with Gasteiger partial charge in [0.1, 0.15) is 6.04 Å². The number of nitrogens with one attached hydrogen (secondary N) is 1. The number of likely N-dealkylation sites (tertiary alicyclic amines) is 1. The van der Waals surface area contributed by atoms with Crippen molar-refractivity contribution in [3.05, 3.63) is 53.4 Å². The van der Waals surface area contributed by atoms with Crippen LogP contribution in [0, 0.1) is 11.8 Å². The number of carbonyl (C=O) groups excluding carboxylic acids is 4. The van der Waals surface area contributed by atoms with E-state index in [0.717, 1.165) is 24.9 Å². The van der Waals surface area contributed by atoms with E-state index in [1.54, 1.807) is 12.3 Å². The first kappa shape index (κ1) is 20.8. The summed E-state index contributed by atoms with van der Waals surface area (Å²) >= 11 is 0. The van der Waals surface area contributed by atoms with Gasteiger partial charge < -0.3 is 9.80 Å². The largest absolute Gasteiger partial charge is 0.336 e. The molecule has 3 atom stereocenters. The number of benzene rings is 1. The maximum atomic E-state index is 13.1. The van der Waals surface area contributed by atoms with Gasteiger partial charge in [0.15, 0.2) is 5.69 Å². The number of nitrogens with zero attached hydrogens (tertiary/aromatic N) is 5. The molecule has 10 nitrogen and oxygen atoms in total. The average molecular weight is 460 g/mol. The van der Waals surface area contributed by atoms with Gasteiger partial charge in [-0.2, -0.15) is 0 Å². The van der Waals surface area contributed by atoms with Gasteiger partial charge in [0.2, 0.25) is 11.8 Å². The predicted molar refractivity (Wildman–Crippen MR) is 119 cm³/mol. The fourth-order valence-corrected chi connectivity index (χ4v) is 5.52. The standard InChI is InChI=1S/C24H24N6O4/c31-21-7-6-20(22(32)25-21)29-12-16-4-5-17(9-18(16)23(29)33)30-13-19(26-27-30)24(34)28-10-14-2-1-3-15(8-14)11-28/h1-2,4-5,9,13-15,20H,3,6-8,10-12H2,(H,25,31,32). The van der Waals surface area contributed by atoms with E-state index >= 15 is 0 Å². The van der Waals surface area contributed by atoms with Crippen LogP contribution in [0.25, 0.3) is 5.69 Å². The van der Waals surface area contributed by atoms with Crippen LogP contribution >= 0.6 is 0 Å². The third-order valence-corrected chi connectivity index (χ3v) is 7.22. The highest BCUT2D eigenvalue weighted by atomic mass is 16.2. The number of carbonyl (C=O) groups is 4. The third-order valence-electron chi connectivity index (χ3n) is 7.22. The molecule has 3 unspecified atom stereocenters. The topological polar surface area (TPSA) is 118 Å². The summed E-state index contributed by atoms with van der Waals surface area (Å²) in [4.78, 5) is 53.2. The molecule has 4 heterocycles. The van der Waals surface area contributed by atoms with Gasteiger partial charge in [-0.15, -0.1) is 5.10 Å². The van der Waals surface area contributed by atoms with Crippen molar-refractivity contribution >= 4 is 23.6 Å². The Hall–Kier alpha value is -3.82. The van der Waals surface area contributed by atoms with Crippen molar-refractivity contribution in [3.63, 3.8) is 0 Å². The number of allylic oxidation sites excluding steroid dienone is 1. The lowest BCUT2D eigenvalue weighted by atomic mass is 9.82. The van der Waals surface area contributed by atoms with Gasteiger partial charge >= 0.3 is 0 Å². The highest BCUT2D eigenvalue weighted by molar-refractivity contribution is 6.05. The molecule has 0 saturated carbocycles. The van der Waals surface area contributed by atoms with E-state index in [0.29, 0.717) is 42.6 Å². The molecule has 0 radical (unpaired) electrons. The first-order valence-electron chi connectivity index (χ1n) is 11.6. The molecule has 4 aliphatic rings. The second-order valence-corrected chi connectivity index (χ2v) is 9.53. The van der Waals surface area contributed by atoms with Crippen molar-refractivity contribution in [3.8, 4) is 5.69 Å². The lowest BCUT2D eigenvalue weighted by molar-refractivity contribution is -0.136. The van der Waals surface area contributed by atoms with Crippen LogP contribution in [-0.4, -0.2) is 67.6 Å². The minimum atomic E-state index is -0.657. The van der Waals surface area contributed by atoms with Crippen molar-refractivity contribution in [2.24, 2.45) is 11.8 Å². The number of hydrogen-bond acceptors (Lipinski definition) is 6. The van der Waals surface area contributed by atoms with Crippen LogP contribution in [-0.2, 0) is 16.1 Å². The molecule has 1 aliphatic carbocycles. The lowest BCUT2D eigenvalue weighted by Gasteiger charge is -2.38. The minimum Gasteiger partial charge on any atom is -0.336 e. The SMILES string of the molecule is O=C1CCC(N2Cc3ccc(-n4cc(C(=O)N5CC6C=CCC(C6)C5)nn4)cc3C2=O)C(=O)N1. The Morgan fingerprint density at radius 1 is 1.15 bits per heavy atom. The molecule has 1 N–H and O–H groups in total. The number of aromatic nitrogens is 3. The summed E-state index contributed by atoms with van der Waals surface area (Å²) < 4.78 is 1.50. The molecule has 10 heteroatoms. The molecule has 6 rings (SSSR count). The zero-order chi connectivity index (χ0) is 23.4. The first-order valence-corrected chi connectivity index (χ1v) is 11.6. The number of piperidine rings is 2. The first-order chi connectivity index (χ1) is 16.5. The van der Waals surface area contributed by atoms with E-state index in [1.165, 1.54) is 9.58 Å². The zero-order valence-electron chi connectivity index (χ0n) is 18.5. The van der Waals surface area contributed by atoms with Gasteiger partial charge in [0.25, 0.3) is 11.8 Å². The fraction of sp³-hybridized carbons (Fsp3) is 0.417. The van der Waals surface area contributed by atoms with Crippen LogP contribution in [0.3, 0.4) is 0 Å². The molecule has 4 amide bonds. The molecule has 1 aromatic heterocycles. The molecule has 3 aliphatic heterocycles. The molecule has 34 heavy (non-hydrogen) atoms. The van der Waals surface area contributed by atoms with E-state index in [1.807, 2.05) is 17.0 Å². The fourth-order valence-electron chi connectivity index (χ4n) is 5.52. The molecular formula is C24H24N6O4. The molecule has 2 bridgehead atoms. The number of imide groups is 1. The molecule has 2 fully saturated rings. The Kier molecular flexibility index (Phi) is 4.82. The van der Waals surface area contributed by atoms with Crippen molar-refractivity contribution in [2.75, 3.05) is 13.1 Å². The van der Waals surface area contributed by atoms with E-state index in [-0.39, 0.29) is 29.8 Å². The van der Waals surface area contributed by atoms with E-state index in [9.17, 15) is 19.2 Å². The maximum Gasteiger partial charge on any atom is 0.276 e. The van der Waals surface area contributed by atoms with Gasteiger partial charge in [-0.05, 0) is 48.8 Å². The van der Waals surface area contributed by atoms with Crippen LogP contribution < -0.4 is 5.32 Å². The normalized spacial score (nSPS) is 26.0. The second-order valence-electron chi connectivity index (χ2n) is 9.53. The predicted octanol–water partition coefficient (Wildman–Crippen LogP) is 1.07. The average Bonchev–Trinajstić information content (AvgIpc) is 3.44. The Bertz CT molecular complexity index is 1250. The highest BCUT2D eigenvalue weighted by Gasteiger charge is 2.39. The van der Waals surface area contributed by atoms with Gasteiger partial charge in [-0.3, -0.25) is 24.5 Å². The van der Waals surface area contributed by atoms with Crippen LogP contribution in [0.4, 0.5) is 0 Å². The second kappa shape index (κ2) is 7.89. The Morgan fingerprint density at radius 2 is 2.03 bits per heavy atom. The van der Waals surface area contributed by atoms with Crippen molar-refractivity contribution in [1.29, 1.82) is 0 Å². The highest BCUT2D eigenvalue weighted by Crippen LogP contribution is 2.31. The van der Waals surface area contributed by atoms with Crippen LogP contribution in [0.15, 0.2) is 36.5 Å². The summed E-state index contributed by atoms with van der Waals surface area (Å²) in [5.74, 6) is -0.227. The van der Waals surface area contributed by atoms with E-state index in [2.05, 4.69) is 27.8 Å². The number of fused-ring (bicyclic) bond motifs is 3. The van der Waals surface area contributed by atoms with Gasteiger partial charge in [-0.25, -0.2) is 4.68 Å². The van der Waals surface area contributed by atoms with Gasteiger partial charge in [-0.1, -0.05) is 23.4 Å². The Balaban J connectivity index is 1.20. The minimum absolute atomic E-state index is 0.127. The Labute approximate surface area is 195 Å². The van der Waals surface area contributed by atoms with E-state index in [4.69, 9.17) is 0 Å². The van der Waals surface area contributed by atoms with E-state index < -0.39 is 11.9 Å². The van der Waals surface area contributed by atoms with Crippen LogP contribution in [0.1, 0.15) is 52.1 Å². The van der Waals surface area contributed by atoms with Crippen LogP contribution in [0.5, 0.6) is 0 Å². The molecule has 0 spiro atoms. The number of rotatable bonds is 3. The number of hydrogen-bond donors (Lipinski definition) is 1. The maximum absolute atomic E-state index is 13.1. The summed E-state index contributed by atoms with van der Waals surface area (Å²) in [5.41, 5.74) is 2.19. The molecule has 2 aromatic rings. The third kappa shape index (κ3) is 3.49. The quantitative estimate of drug-likeness (QED) is 0.541. The summed E-state index contributed by atoms with van der Waals surface area (Å²) in [5, 5.41) is 10.5. The molecule has 2 saturated heterocycles.